The molecule has 100 heavy (non-hydrogen) atoms. The summed E-state index contributed by atoms with van der Waals surface area (Å²) in [6.07, 6.45) is 0. The summed E-state index contributed by atoms with van der Waals surface area (Å²) in [5, 5.41) is 0. The van der Waals surface area contributed by atoms with Crippen molar-refractivity contribution in [1.29, 1.82) is 0 Å². The summed E-state index contributed by atoms with van der Waals surface area (Å²) < 4.78 is 4.08. The molecular weight excluding hydrogens is 1490 g/mol. The first kappa shape index (κ1) is 67.4. The third-order valence-electron chi connectivity index (χ3n) is 15.6. The Morgan fingerprint density at radius 1 is 0.130 bits per heavy atom. The molecule has 16 aromatic rings. The molecule has 12 aromatic carbocycles. The highest BCUT2D eigenvalue weighted by Crippen LogP contribution is 2.33. The van der Waals surface area contributed by atoms with Crippen LogP contribution in [0.25, 0.3) is 136 Å². The van der Waals surface area contributed by atoms with E-state index in [1.165, 1.54) is 0 Å². The van der Waals surface area contributed by atoms with Crippen molar-refractivity contribution in [1.82, 2.24) is 44.9 Å². The molecule has 0 aliphatic heterocycles. The van der Waals surface area contributed by atoms with Crippen LogP contribution in [0.5, 0.6) is 0 Å². The fourth-order valence-corrected chi connectivity index (χ4v) is 12.1. The van der Waals surface area contributed by atoms with Gasteiger partial charge in [0, 0.05) is 84.7 Å². The van der Waals surface area contributed by atoms with E-state index >= 15 is 0 Å². The lowest BCUT2D eigenvalue weighted by Gasteiger charge is -2.09. The topological polar surface area (TPSA) is 116 Å². The highest BCUT2D eigenvalue weighted by atomic mass is 79.9. The molecule has 9 nitrogen and oxygen atoms in total. The van der Waals surface area contributed by atoms with Crippen LogP contribution in [-0.4, -0.2) is 44.9 Å². The second-order valence-corrected chi connectivity index (χ2v) is 26.3. The van der Waals surface area contributed by atoms with Crippen molar-refractivity contribution in [2.24, 2.45) is 0 Å². The van der Waals surface area contributed by atoms with Gasteiger partial charge in [0.2, 0.25) is 0 Å². The highest BCUT2D eigenvalue weighted by Gasteiger charge is 2.16. The summed E-state index contributed by atoms with van der Waals surface area (Å²) in [5.41, 5.74) is 17.9. The molecule has 4 heterocycles. The predicted octanol–water partition coefficient (Wildman–Crippen LogP) is 24.4. The Hall–Kier alpha value is -11.2. The lowest BCUT2D eigenvalue weighted by atomic mass is 10.1. The van der Waals surface area contributed by atoms with Crippen LogP contribution in [0.4, 0.5) is 0 Å². The molecule has 0 aliphatic carbocycles. The van der Waals surface area contributed by atoms with Crippen LogP contribution < -0.4 is 0 Å². The van der Waals surface area contributed by atoms with E-state index in [4.69, 9.17) is 39.9 Å². The van der Waals surface area contributed by atoms with E-state index in [1.807, 2.05) is 285 Å². The summed E-state index contributed by atoms with van der Waals surface area (Å²) in [6, 6.07) is 120. The summed E-state index contributed by atoms with van der Waals surface area (Å²) in [6.45, 7) is 0. The lowest BCUT2D eigenvalue weighted by Crippen LogP contribution is -2.00. The van der Waals surface area contributed by atoms with Crippen LogP contribution >= 0.6 is 63.7 Å². The number of nitrogens with zero attached hydrogens (tertiary/aromatic N) is 9. The fraction of sp³-hybridized carbons (Fsp3) is 0. The number of rotatable bonds is 12. The largest absolute Gasteiger partial charge is 0.228 e. The molecule has 4 aromatic heterocycles. The van der Waals surface area contributed by atoms with E-state index in [-0.39, 0.29) is 0 Å². The first-order valence-corrected chi connectivity index (χ1v) is 35.3. The molecular formula is C87H59Br4N9. The molecule has 0 atom stereocenters. The fourth-order valence-electron chi connectivity index (χ4n) is 10.7. The molecule has 0 aliphatic rings. The molecule has 13 heteroatoms. The number of hydrogen-bond donors (Lipinski definition) is 0. The average molecular weight is 1550 g/mol. The van der Waals surface area contributed by atoms with Crippen molar-refractivity contribution in [3.05, 3.63) is 376 Å². The van der Waals surface area contributed by atoms with Crippen LogP contribution in [0.3, 0.4) is 0 Å². The number of benzene rings is 12. The van der Waals surface area contributed by atoms with E-state index < -0.39 is 0 Å². The van der Waals surface area contributed by atoms with Gasteiger partial charge in [0.05, 0.1) is 34.2 Å². The Morgan fingerprint density at radius 2 is 0.320 bits per heavy atom. The Kier molecular flexibility index (Phi) is 22.5. The Morgan fingerprint density at radius 3 is 0.590 bits per heavy atom. The second-order valence-electron chi connectivity index (χ2n) is 22.7. The minimum Gasteiger partial charge on any atom is -0.228 e. The van der Waals surface area contributed by atoms with Crippen LogP contribution in [-0.2, 0) is 0 Å². The zero-order chi connectivity index (χ0) is 68.2. The molecule has 0 radical (unpaired) electrons. The molecule has 0 bridgehead atoms. The van der Waals surface area contributed by atoms with Crippen molar-refractivity contribution < 1.29 is 0 Å². The molecule has 0 amide bonds. The summed E-state index contributed by atoms with van der Waals surface area (Å²) in [5.74, 6) is 4.19. The maximum absolute atomic E-state index is 4.81. The lowest BCUT2D eigenvalue weighted by molar-refractivity contribution is 1.07. The van der Waals surface area contributed by atoms with Gasteiger partial charge in [0.25, 0.3) is 0 Å². The van der Waals surface area contributed by atoms with E-state index in [1.54, 1.807) is 0 Å². The van der Waals surface area contributed by atoms with E-state index in [0.29, 0.717) is 17.5 Å². The van der Waals surface area contributed by atoms with Gasteiger partial charge >= 0.3 is 0 Å². The Balaban J connectivity index is 0.000000119. The number of hydrogen-bond acceptors (Lipinski definition) is 9. The molecule has 0 unspecified atom stereocenters. The predicted molar refractivity (Wildman–Crippen MR) is 422 cm³/mol. The van der Waals surface area contributed by atoms with Gasteiger partial charge in [0.15, 0.2) is 34.9 Å². The van der Waals surface area contributed by atoms with Gasteiger partial charge in [0.1, 0.15) is 0 Å². The molecule has 0 spiro atoms. The summed E-state index contributed by atoms with van der Waals surface area (Å²) >= 11 is 14.1. The van der Waals surface area contributed by atoms with Gasteiger partial charge in [-0.25, -0.2) is 44.9 Å². The SMILES string of the molecule is Brc1ccc(-c2nc(-c3ccccc3)cc(-c3ccccc3)n2)cc1.Brc1cccc(-c2cc(-c3ccccc3)nc(-c3ccccc3)n2)c1.Brc1cccc(-c2nc(-c3ccccc3)cc(-c3ccccc3)n2)c1.Brc1cccc(-c2nc(-c3ccccc3)nc(-c3ccccc3)n2)c1. The van der Waals surface area contributed by atoms with Crippen LogP contribution in [0.1, 0.15) is 0 Å². The van der Waals surface area contributed by atoms with Crippen molar-refractivity contribution in [3.63, 3.8) is 0 Å². The Labute approximate surface area is 615 Å². The maximum atomic E-state index is 4.81. The highest BCUT2D eigenvalue weighted by molar-refractivity contribution is 9.11. The van der Waals surface area contributed by atoms with Gasteiger partial charge in [-0.05, 0) is 66.7 Å². The van der Waals surface area contributed by atoms with Crippen LogP contribution in [0, 0.1) is 0 Å². The second kappa shape index (κ2) is 33.4. The molecule has 0 saturated carbocycles. The smallest absolute Gasteiger partial charge is 0.164 e. The maximum Gasteiger partial charge on any atom is 0.164 e. The summed E-state index contributed by atoms with van der Waals surface area (Å²) in [4.78, 5) is 42.9. The first-order chi connectivity index (χ1) is 49.2. The third-order valence-corrected chi connectivity index (χ3v) is 17.7. The molecule has 16 rings (SSSR count). The van der Waals surface area contributed by atoms with E-state index in [2.05, 4.69) is 142 Å². The molecule has 0 N–H and O–H groups in total. The van der Waals surface area contributed by atoms with Gasteiger partial charge in [-0.2, -0.15) is 0 Å². The van der Waals surface area contributed by atoms with Crippen molar-refractivity contribution in [2.75, 3.05) is 0 Å². The number of aromatic nitrogens is 9. The third kappa shape index (κ3) is 17.9. The molecule has 0 saturated heterocycles. The van der Waals surface area contributed by atoms with Crippen molar-refractivity contribution >= 4 is 63.7 Å². The van der Waals surface area contributed by atoms with E-state index in [9.17, 15) is 0 Å². The standard InChI is InChI=1S/3C22H15BrN2.C21H14BrN3/c23-19-13-7-12-18(14-19)21-15-20(16-8-3-1-4-9-16)24-22(25-21)17-10-5-2-6-11-17;23-19-13-7-12-18(14-19)22-24-20(16-8-3-1-4-9-16)15-21(25-22)17-10-5-2-6-11-17;23-19-13-11-18(12-14-19)22-24-20(16-7-3-1-4-8-16)15-21(25-22)17-9-5-2-6-10-17;22-18-13-7-12-17(14-18)21-24-19(15-8-3-1-4-9-15)23-20(25-21)16-10-5-2-6-11-16/h3*1-15H;1-14H. The molecule has 480 valence electrons. The van der Waals surface area contributed by atoms with Crippen LogP contribution in [0.2, 0.25) is 0 Å². The normalized spacial score (nSPS) is 10.6. The van der Waals surface area contributed by atoms with E-state index in [0.717, 1.165) is 136 Å². The van der Waals surface area contributed by atoms with Gasteiger partial charge < -0.3 is 0 Å². The quantitative estimate of drug-likeness (QED) is 0.118. The zero-order valence-electron chi connectivity index (χ0n) is 53.6. The molecule has 0 fully saturated rings. The van der Waals surface area contributed by atoms with Crippen molar-refractivity contribution in [3.8, 4) is 136 Å². The summed E-state index contributed by atoms with van der Waals surface area (Å²) in [7, 11) is 0. The van der Waals surface area contributed by atoms with Crippen molar-refractivity contribution in [2.45, 2.75) is 0 Å². The minimum atomic E-state index is 0.661. The average Bonchev–Trinajstić information content (AvgIpc) is 0.833. The number of halogens is 4. The van der Waals surface area contributed by atoms with Gasteiger partial charge in [-0.15, -0.1) is 0 Å². The van der Waals surface area contributed by atoms with Gasteiger partial charge in [-0.1, -0.05) is 355 Å². The Bertz CT molecular complexity index is 4690. The monoisotopic (exact) mass is 1550 g/mol. The first-order valence-electron chi connectivity index (χ1n) is 32.1. The van der Waals surface area contributed by atoms with Gasteiger partial charge in [-0.3, -0.25) is 0 Å². The zero-order valence-corrected chi connectivity index (χ0v) is 59.9. The van der Waals surface area contributed by atoms with Crippen LogP contribution in [0.15, 0.2) is 376 Å². The minimum absolute atomic E-state index is 0.661.